The minimum absolute atomic E-state index is 0.303. The van der Waals surface area contributed by atoms with Gasteiger partial charge in [0.25, 0.3) is 0 Å². The minimum Gasteiger partial charge on any atom is -0.0925 e. The third-order valence-electron chi connectivity index (χ3n) is 3.18. The topological polar surface area (TPSA) is 0 Å². The van der Waals surface area contributed by atoms with E-state index in [2.05, 4.69) is 28.9 Å². The van der Waals surface area contributed by atoms with Crippen LogP contribution in [-0.4, -0.2) is 5.33 Å². The highest BCUT2D eigenvalue weighted by atomic mass is 79.9. The van der Waals surface area contributed by atoms with E-state index in [1.54, 1.807) is 0 Å². The van der Waals surface area contributed by atoms with Crippen LogP contribution in [-0.2, 0) is 5.41 Å². The Balaban J connectivity index is 2.31. The third-order valence-corrected chi connectivity index (χ3v) is 4.70. The molecule has 1 saturated carbocycles. The largest absolute Gasteiger partial charge is 0.0925 e. The Hall–Kier alpha value is 0.280. The summed E-state index contributed by atoms with van der Waals surface area (Å²) in [5.41, 5.74) is 1.61. The summed E-state index contributed by atoms with van der Waals surface area (Å²) in [6, 6.07) is 5.96. The summed E-state index contributed by atoms with van der Waals surface area (Å²) < 4.78 is 0. The highest BCUT2D eigenvalue weighted by Crippen LogP contribution is 2.55. The van der Waals surface area contributed by atoms with E-state index in [0.717, 1.165) is 11.2 Å². The zero-order chi connectivity index (χ0) is 10.3. The number of alkyl halides is 1. The van der Waals surface area contributed by atoms with Gasteiger partial charge in [-0.15, -0.1) is 0 Å². The molecule has 0 spiro atoms. The van der Waals surface area contributed by atoms with E-state index < -0.39 is 0 Å². The SMILES string of the molecule is CC1(c2ccc(Cl)c(Cl)c2)CC1CBr. The standard InChI is InChI=1S/C11H11BrCl2/c1-11(5-8(11)6-12)7-2-3-9(13)10(14)4-7/h2-4,8H,5-6H2,1H3. The maximum Gasteiger partial charge on any atom is 0.0595 e. The molecule has 1 aliphatic carbocycles. The van der Waals surface area contributed by atoms with Gasteiger partial charge in [0.1, 0.15) is 0 Å². The molecule has 14 heavy (non-hydrogen) atoms. The first kappa shape index (κ1) is 10.8. The van der Waals surface area contributed by atoms with Gasteiger partial charge in [-0.1, -0.05) is 52.1 Å². The van der Waals surface area contributed by atoms with Gasteiger partial charge in [0.2, 0.25) is 0 Å². The molecule has 0 N–H and O–H groups in total. The molecule has 0 amide bonds. The van der Waals surface area contributed by atoms with Gasteiger partial charge in [-0.25, -0.2) is 0 Å². The summed E-state index contributed by atoms with van der Waals surface area (Å²) in [6.45, 7) is 2.28. The van der Waals surface area contributed by atoms with Crippen LogP contribution in [0.5, 0.6) is 0 Å². The predicted octanol–water partition coefficient (Wildman–Crippen LogP) is 4.67. The molecule has 1 aliphatic rings. The predicted molar refractivity (Wildman–Crippen MR) is 65.7 cm³/mol. The van der Waals surface area contributed by atoms with Crippen LogP contribution in [0.15, 0.2) is 18.2 Å². The van der Waals surface area contributed by atoms with E-state index in [1.165, 1.54) is 12.0 Å². The molecule has 0 bridgehead atoms. The zero-order valence-electron chi connectivity index (χ0n) is 7.86. The molecule has 0 aromatic heterocycles. The lowest BCUT2D eigenvalue weighted by Crippen LogP contribution is -2.04. The molecular weight excluding hydrogens is 283 g/mol. The lowest BCUT2D eigenvalue weighted by molar-refractivity contribution is 0.710. The Labute approximate surface area is 103 Å². The molecule has 2 rings (SSSR count). The van der Waals surface area contributed by atoms with Gasteiger partial charge in [0.05, 0.1) is 10.0 Å². The first-order valence-electron chi connectivity index (χ1n) is 4.59. The normalized spacial score (nSPS) is 30.4. The Morgan fingerprint density at radius 2 is 2.14 bits per heavy atom. The fraction of sp³-hybridized carbons (Fsp3) is 0.455. The lowest BCUT2D eigenvalue weighted by Gasteiger charge is -2.11. The second-order valence-electron chi connectivity index (χ2n) is 4.10. The van der Waals surface area contributed by atoms with Crippen LogP contribution in [0.4, 0.5) is 0 Å². The van der Waals surface area contributed by atoms with Crippen LogP contribution in [0.3, 0.4) is 0 Å². The second kappa shape index (κ2) is 3.70. The van der Waals surface area contributed by atoms with E-state index in [0.29, 0.717) is 15.5 Å². The fourth-order valence-corrected chi connectivity index (χ4v) is 3.12. The van der Waals surface area contributed by atoms with Crippen LogP contribution < -0.4 is 0 Å². The smallest absolute Gasteiger partial charge is 0.0595 e. The van der Waals surface area contributed by atoms with Crippen molar-refractivity contribution >= 4 is 39.1 Å². The number of halogens is 3. The van der Waals surface area contributed by atoms with Crippen LogP contribution in [0, 0.1) is 5.92 Å². The monoisotopic (exact) mass is 292 g/mol. The van der Waals surface area contributed by atoms with Crippen molar-refractivity contribution in [3.63, 3.8) is 0 Å². The quantitative estimate of drug-likeness (QED) is 0.695. The highest BCUT2D eigenvalue weighted by Gasteiger charge is 2.50. The Morgan fingerprint density at radius 3 is 2.64 bits per heavy atom. The van der Waals surface area contributed by atoms with Crippen molar-refractivity contribution < 1.29 is 0 Å². The number of hydrogen-bond donors (Lipinski definition) is 0. The van der Waals surface area contributed by atoms with Crippen molar-refractivity contribution in [2.75, 3.05) is 5.33 Å². The first-order chi connectivity index (χ1) is 6.58. The van der Waals surface area contributed by atoms with Gasteiger partial charge < -0.3 is 0 Å². The van der Waals surface area contributed by atoms with Gasteiger partial charge in [-0.05, 0) is 35.4 Å². The molecule has 1 aromatic carbocycles. The molecule has 2 atom stereocenters. The second-order valence-corrected chi connectivity index (χ2v) is 5.56. The van der Waals surface area contributed by atoms with Crippen LogP contribution in [0.2, 0.25) is 10.0 Å². The summed E-state index contributed by atoms with van der Waals surface area (Å²) in [5, 5.41) is 2.35. The average molecular weight is 294 g/mol. The van der Waals surface area contributed by atoms with Gasteiger partial charge in [0, 0.05) is 5.33 Å². The third kappa shape index (κ3) is 1.70. The molecule has 1 fully saturated rings. The van der Waals surface area contributed by atoms with E-state index in [4.69, 9.17) is 23.2 Å². The molecule has 0 nitrogen and oxygen atoms in total. The molecule has 0 heterocycles. The summed E-state index contributed by atoms with van der Waals surface area (Å²) >= 11 is 15.4. The van der Waals surface area contributed by atoms with Gasteiger partial charge in [-0.2, -0.15) is 0 Å². The van der Waals surface area contributed by atoms with Crippen molar-refractivity contribution in [1.82, 2.24) is 0 Å². The molecule has 3 heteroatoms. The van der Waals surface area contributed by atoms with Gasteiger partial charge in [0.15, 0.2) is 0 Å². The van der Waals surface area contributed by atoms with Gasteiger partial charge >= 0.3 is 0 Å². The Bertz CT molecular complexity index is 364. The maximum absolute atomic E-state index is 5.99. The first-order valence-corrected chi connectivity index (χ1v) is 6.47. The van der Waals surface area contributed by atoms with E-state index in [-0.39, 0.29) is 0 Å². The molecular formula is C11H11BrCl2. The molecule has 0 aliphatic heterocycles. The molecule has 0 saturated heterocycles. The molecule has 2 unspecified atom stereocenters. The number of rotatable bonds is 2. The summed E-state index contributed by atoms with van der Waals surface area (Å²) in [4.78, 5) is 0. The lowest BCUT2D eigenvalue weighted by atomic mass is 9.96. The van der Waals surface area contributed by atoms with E-state index in [9.17, 15) is 0 Å². The fourth-order valence-electron chi connectivity index (χ4n) is 1.88. The van der Waals surface area contributed by atoms with Crippen molar-refractivity contribution in [2.45, 2.75) is 18.8 Å². The Kier molecular flexibility index (Phi) is 2.85. The molecule has 76 valence electrons. The number of benzene rings is 1. The van der Waals surface area contributed by atoms with Crippen molar-refractivity contribution in [1.29, 1.82) is 0 Å². The molecule has 1 aromatic rings. The summed E-state index contributed by atoms with van der Waals surface area (Å²) in [5.74, 6) is 0.736. The summed E-state index contributed by atoms with van der Waals surface area (Å²) in [6.07, 6.45) is 1.23. The summed E-state index contributed by atoms with van der Waals surface area (Å²) in [7, 11) is 0. The Morgan fingerprint density at radius 1 is 1.43 bits per heavy atom. The van der Waals surface area contributed by atoms with Gasteiger partial charge in [-0.3, -0.25) is 0 Å². The van der Waals surface area contributed by atoms with E-state index in [1.807, 2.05) is 12.1 Å². The maximum atomic E-state index is 5.99. The van der Waals surface area contributed by atoms with Crippen LogP contribution in [0.1, 0.15) is 18.9 Å². The van der Waals surface area contributed by atoms with Crippen LogP contribution in [0.25, 0.3) is 0 Å². The number of hydrogen-bond acceptors (Lipinski definition) is 0. The zero-order valence-corrected chi connectivity index (χ0v) is 11.0. The van der Waals surface area contributed by atoms with Crippen molar-refractivity contribution in [3.8, 4) is 0 Å². The molecule has 0 radical (unpaired) electrons. The minimum atomic E-state index is 0.303. The van der Waals surface area contributed by atoms with Crippen molar-refractivity contribution in [2.24, 2.45) is 5.92 Å². The highest BCUT2D eigenvalue weighted by molar-refractivity contribution is 9.09. The van der Waals surface area contributed by atoms with Crippen LogP contribution >= 0.6 is 39.1 Å². The van der Waals surface area contributed by atoms with Crippen molar-refractivity contribution in [3.05, 3.63) is 33.8 Å². The average Bonchev–Trinajstić information content (AvgIpc) is 2.83. The van der Waals surface area contributed by atoms with E-state index >= 15 is 0 Å².